The molecule has 0 amide bonds. The summed E-state index contributed by atoms with van der Waals surface area (Å²) in [4.78, 5) is 11.5. The molecule has 1 rings (SSSR count). The normalized spacial score (nSPS) is 11.4. The van der Waals surface area contributed by atoms with E-state index >= 15 is 0 Å². The molecule has 5 heteroatoms. The summed E-state index contributed by atoms with van der Waals surface area (Å²) in [6.07, 6.45) is 1.39. The molecule has 0 aromatic heterocycles. The van der Waals surface area contributed by atoms with Crippen LogP contribution in [0.4, 0.5) is 4.39 Å². The Morgan fingerprint density at radius 3 is 2.50 bits per heavy atom. The van der Waals surface area contributed by atoms with E-state index < -0.39 is 15.7 Å². The molecule has 0 fully saturated rings. The van der Waals surface area contributed by atoms with E-state index in [0.29, 0.717) is 0 Å². The van der Waals surface area contributed by atoms with E-state index in [4.69, 9.17) is 0 Å². The van der Waals surface area contributed by atoms with Crippen molar-refractivity contribution in [3.8, 4) is 0 Å². The van der Waals surface area contributed by atoms with Crippen molar-refractivity contribution in [1.29, 1.82) is 0 Å². The van der Waals surface area contributed by atoms with Gasteiger partial charge in [0.2, 0.25) is 0 Å². The molecule has 0 bridgehead atoms. The topological polar surface area (TPSA) is 51.2 Å². The summed E-state index contributed by atoms with van der Waals surface area (Å²) in [5.74, 6) is -0.971. The van der Waals surface area contributed by atoms with Crippen molar-refractivity contribution >= 4 is 15.6 Å². The van der Waals surface area contributed by atoms with Crippen LogP contribution in [0.5, 0.6) is 0 Å². The van der Waals surface area contributed by atoms with Gasteiger partial charge in [-0.05, 0) is 18.6 Å². The Morgan fingerprint density at radius 2 is 1.94 bits per heavy atom. The number of Topliss-reactive ketones (excluding diaryl/α,β-unsaturated/α-hetero) is 1. The number of sulfone groups is 1. The van der Waals surface area contributed by atoms with E-state index in [9.17, 15) is 17.6 Å². The van der Waals surface area contributed by atoms with Gasteiger partial charge in [-0.2, -0.15) is 0 Å². The second-order valence-corrected chi connectivity index (χ2v) is 5.90. The number of hydrogen-bond acceptors (Lipinski definition) is 3. The second-order valence-electron chi connectivity index (χ2n) is 3.64. The summed E-state index contributed by atoms with van der Waals surface area (Å²) in [7, 11) is -3.06. The Balaban J connectivity index is 2.57. The largest absolute Gasteiger partial charge is 0.294 e. The first-order valence-electron chi connectivity index (χ1n) is 4.85. The highest BCUT2D eigenvalue weighted by molar-refractivity contribution is 7.90. The first-order valence-corrected chi connectivity index (χ1v) is 6.91. The van der Waals surface area contributed by atoms with Crippen molar-refractivity contribution in [2.24, 2.45) is 0 Å². The highest BCUT2D eigenvalue weighted by Gasteiger charge is 2.11. The molecule has 0 heterocycles. The summed E-state index contributed by atoms with van der Waals surface area (Å²) in [6.45, 7) is 0. The maximum absolute atomic E-state index is 13.2. The van der Waals surface area contributed by atoms with E-state index in [0.717, 1.165) is 6.26 Å². The van der Waals surface area contributed by atoms with Crippen LogP contribution in [-0.2, 0) is 9.84 Å². The molecule has 0 radical (unpaired) electrons. The lowest BCUT2D eigenvalue weighted by Gasteiger charge is -2.01. The van der Waals surface area contributed by atoms with Crippen LogP contribution in [0.1, 0.15) is 23.2 Å². The van der Waals surface area contributed by atoms with E-state index in [1.54, 1.807) is 6.07 Å². The third kappa shape index (κ3) is 4.10. The molecule has 3 nitrogen and oxygen atoms in total. The summed E-state index contributed by atoms with van der Waals surface area (Å²) < 4.78 is 34.8. The summed E-state index contributed by atoms with van der Waals surface area (Å²) in [6, 6.07) is 5.69. The molecule has 16 heavy (non-hydrogen) atoms. The monoisotopic (exact) mass is 244 g/mol. The van der Waals surface area contributed by atoms with Crippen molar-refractivity contribution in [3.05, 3.63) is 35.6 Å². The summed E-state index contributed by atoms with van der Waals surface area (Å²) in [5, 5.41) is 0. The molecule has 0 unspecified atom stereocenters. The van der Waals surface area contributed by atoms with E-state index in [1.165, 1.54) is 18.2 Å². The van der Waals surface area contributed by atoms with Gasteiger partial charge < -0.3 is 0 Å². The molecule has 0 aliphatic heterocycles. The SMILES string of the molecule is CS(=O)(=O)CCCC(=O)c1ccccc1F. The third-order valence-corrected chi connectivity index (χ3v) is 3.12. The number of ketones is 1. The minimum atomic E-state index is -3.06. The Kier molecular flexibility index (Phi) is 4.18. The highest BCUT2D eigenvalue weighted by atomic mass is 32.2. The van der Waals surface area contributed by atoms with Crippen LogP contribution >= 0.6 is 0 Å². The molecule has 1 aromatic carbocycles. The molecule has 0 spiro atoms. The van der Waals surface area contributed by atoms with Crippen LogP contribution in [0.15, 0.2) is 24.3 Å². The zero-order valence-electron chi connectivity index (χ0n) is 8.94. The predicted octanol–water partition coefficient (Wildman–Crippen LogP) is 1.83. The molecule has 1 aromatic rings. The summed E-state index contributed by atoms with van der Waals surface area (Å²) in [5.41, 5.74) is 0.0241. The maximum Gasteiger partial charge on any atom is 0.165 e. The van der Waals surface area contributed by atoms with Gasteiger partial charge in [0, 0.05) is 12.7 Å². The fraction of sp³-hybridized carbons (Fsp3) is 0.364. The zero-order valence-corrected chi connectivity index (χ0v) is 9.76. The van der Waals surface area contributed by atoms with E-state index in [1.807, 2.05) is 0 Å². The van der Waals surface area contributed by atoms with Gasteiger partial charge in [0.15, 0.2) is 5.78 Å². The number of carbonyl (C=O) groups is 1. The van der Waals surface area contributed by atoms with Crippen molar-refractivity contribution in [3.63, 3.8) is 0 Å². The number of benzene rings is 1. The standard InChI is InChI=1S/C11H13FO3S/c1-16(14,15)8-4-7-11(13)9-5-2-3-6-10(9)12/h2-3,5-6H,4,7-8H2,1H3. The fourth-order valence-corrected chi connectivity index (χ4v) is 1.99. The quantitative estimate of drug-likeness (QED) is 0.742. The van der Waals surface area contributed by atoms with Gasteiger partial charge in [-0.1, -0.05) is 12.1 Å². The number of hydrogen-bond donors (Lipinski definition) is 0. The minimum absolute atomic E-state index is 0.0241. The van der Waals surface area contributed by atoms with Crippen LogP contribution in [0.3, 0.4) is 0 Å². The molecule has 0 aliphatic carbocycles. The number of carbonyl (C=O) groups excluding carboxylic acids is 1. The zero-order chi connectivity index (χ0) is 12.2. The average molecular weight is 244 g/mol. The first-order chi connectivity index (χ1) is 7.40. The van der Waals surface area contributed by atoms with Gasteiger partial charge in [-0.15, -0.1) is 0 Å². The van der Waals surface area contributed by atoms with Crippen molar-refractivity contribution in [2.45, 2.75) is 12.8 Å². The van der Waals surface area contributed by atoms with Gasteiger partial charge in [0.05, 0.1) is 11.3 Å². The lowest BCUT2D eigenvalue weighted by atomic mass is 10.1. The molecule has 0 aliphatic rings. The van der Waals surface area contributed by atoms with Crippen molar-refractivity contribution in [1.82, 2.24) is 0 Å². The Morgan fingerprint density at radius 1 is 1.31 bits per heavy atom. The van der Waals surface area contributed by atoms with Gasteiger partial charge in [0.1, 0.15) is 15.7 Å². The minimum Gasteiger partial charge on any atom is -0.294 e. The van der Waals surface area contributed by atoms with Crippen LogP contribution in [-0.4, -0.2) is 26.2 Å². The van der Waals surface area contributed by atoms with E-state index in [-0.39, 0.29) is 29.9 Å². The van der Waals surface area contributed by atoms with Gasteiger partial charge in [0.25, 0.3) is 0 Å². The Bertz CT molecular complexity index is 480. The van der Waals surface area contributed by atoms with Crippen LogP contribution in [0.2, 0.25) is 0 Å². The fourth-order valence-electron chi connectivity index (χ4n) is 1.32. The number of rotatable bonds is 5. The average Bonchev–Trinajstić information content (AvgIpc) is 2.16. The molecule has 0 saturated heterocycles. The van der Waals surface area contributed by atoms with Crippen LogP contribution in [0, 0.1) is 5.82 Å². The van der Waals surface area contributed by atoms with Crippen LogP contribution < -0.4 is 0 Å². The molecular formula is C11H13FO3S. The van der Waals surface area contributed by atoms with Crippen molar-refractivity contribution < 1.29 is 17.6 Å². The molecule has 0 saturated carbocycles. The highest BCUT2D eigenvalue weighted by Crippen LogP contribution is 2.10. The predicted molar refractivity (Wildman–Crippen MR) is 59.7 cm³/mol. The number of halogens is 1. The Hall–Kier alpha value is -1.23. The van der Waals surface area contributed by atoms with Crippen LogP contribution in [0.25, 0.3) is 0 Å². The molecule has 0 N–H and O–H groups in total. The molecular weight excluding hydrogens is 231 g/mol. The maximum atomic E-state index is 13.2. The second kappa shape index (κ2) is 5.21. The summed E-state index contributed by atoms with van der Waals surface area (Å²) >= 11 is 0. The van der Waals surface area contributed by atoms with Gasteiger partial charge >= 0.3 is 0 Å². The Labute approximate surface area is 94.2 Å². The molecule has 0 atom stereocenters. The third-order valence-electron chi connectivity index (χ3n) is 2.09. The molecule has 88 valence electrons. The van der Waals surface area contributed by atoms with E-state index in [2.05, 4.69) is 0 Å². The lowest BCUT2D eigenvalue weighted by molar-refractivity contribution is 0.0978. The van der Waals surface area contributed by atoms with Gasteiger partial charge in [-0.25, -0.2) is 12.8 Å². The first kappa shape index (κ1) is 12.8. The van der Waals surface area contributed by atoms with Gasteiger partial charge in [-0.3, -0.25) is 4.79 Å². The smallest absolute Gasteiger partial charge is 0.165 e. The lowest BCUT2D eigenvalue weighted by Crippen LogP contribution is -2.07. The van der Waals surface area contributed by atoms with Crippen molar-refractivity contribution in [2.75, 3.05) is 12.0 Å².